The van der Waals surface area contributed by atoms with Crippen molar-refractivity contribution in [2.75, 3.05) is 32.8 Å². The molecule has 1 saturated heterocycles. The van der Waals surface area contributed by atoms with Gasteiger partial charge in [0.25, 0.3) is 0 Å². The lowest BCUT2D eigenvalue weighted by Crippen LogP contribution is -2.52. The van der Waals surface area contributed by atoms with Crippen molar-refractivity contribution in [1.82, 2.24) is 19.6 Å². The van der Waals surface area contributed by atoms with Crippen LogP contribution in [0.1, 0.15) is 25.0 Å². The second-order valence-corrected chi connectivity index (χ2v) is 7.19. The van der Waals surface area contributed by atoms with Gasteiger partial charge in [-0.2, -0.15) is 5.10 Å². The Morgan fingerprint density at radius 1 is 1.29 bits per heavy atom. The van der Waals surface area contributed by atoms with E-state index < -0.39 is 0 Å². The predicted octanol–water partition coefficient (Wildman–Crippen LogP) is 0.0871. The third kappa shape index (κ3) is 3.20. The minimum absolute atomic E-state index is 0.0124. The molecule has 0 bridgehead atoms. The standard InChI is InChI=1S/C17H26N4O3/c22-16-9-13(10-16)17(23)20-12-15-1-3-18-21(15)4-2-14(20)11-19-5-7-24-8-6-19/h1,3,13-14,16,22H,2,4-12H2/t13?,14-,16?/m1/s1. The quantitative estimate of drug-likeness (QED) is 0.848. The number of rotatable bonds is 3. The summed E-state index contributed by atoms with van der Waals surface area (Å²) in [7, 11) is 0. The Bertz CT molecular complexity index is 578. The number of nitrogens with zero attached hydrogens (tertiary/aromatic N) is 4. The smallest absolute Gasteiger partial charge is 0.226 e. The van der Waals surface area contributed by atoms with Crippen molar-refractivity contribution in [2.45, 2.75) is 44.5 Å². The normalized spacial score (nSPS) is 31.2. The highest BCUT2D eigenvalue weighted by atomic mass is 16.5. The molecule has 1 aliphatic carbocycles. The summed E-state index contributed by atoms with van der Waals surface area (Å²) < 4.78 is 7.46. The summed E-state index contributed by atoms with van der Waals surface area (Å²) in [5.74, 6) is 0.190. The van der Waals surface area contributed by atoms with Gasteiger partial charge in [-0.05, 0) is 25.3 Å². The summed E-state index contributed by atoms with van der Waals surface area (Å²) in [6.07, 6.45) is 3.66. The van der Waals surface area contributed by atoms with Gasteiger partial charge in [-0.15, -0.1) is 0 Å². The van der Waals surface area contributed by atoms with E-state index in [-0.39, 0.29) is 24.0 Å². The fourth-order valence-corrected chi connectivity index (χ4v) is 3.98. The Kier molecular flexibility index (Phi) is 4.56. The van der Waals surface area contributed by atoms with E-state index in [1.54, 1.807) is 0 Å². The van der Waals surface area contributed by atoms with Crippen molar-refractivity contribution in [3.8, 4) is 0 Å². The first-order valence-corrected chi connectivity index (χ1v) is 9.00. The molecule has 3 aliphatic rings. The minimum Gasteiger partial charge on any atom is -0.393 e. The van der Waals surface area contributed by atoms with Crippen LogP contribution in [0.2, 0.25) is 0 Å². The number of hydrogen-bond donors (Lipinski definition) is 1. The van der Waals surface area contributed by atoms with Gasteiger partial charge in [-0.25, -0.2) is 0 Å². The molecule has 132 valence electrons. The first-order valence-electron chi connectivity index (χ1n) is 9.00. The second-order valence-electron chi connectivity index (χ2n) is 7.19. The molecule has 2 aliphatic heterocycles. The lowest BCUT2D eigenvalue weighted by molar-refractivity contribution is -0.146. The number of morpholine rings is 1. The van der Waals surface area contributed by atoms with E-state index >= 15 is 0 Å². The molecule has 1 aromatic rings. The van der Waals surface area contributed by atoms with Crippen LogP contribution in [-0.4, -0.2) is 75.6 Å². The monoisotopic (exact) mass is 334 g/mol. The number of aryl methyl sites for hydroxylation is 1. The van der Waals surface area contributed by atoms with E-state index in [9.17, 15) is 9.90 Å². The molecule has 1 N–H and O–H groups in total. The van der Waals surface area contributed by atoms with Crippen molar-refractivity contribution in [3.05, 3.63) is 18.0 Å². The summed E-state index contributed by atoms with van der Waals surface area (Å²) in [6, 6.07) is 2.21. The number of ether oxygens (including phenoxy) is 1. The van der Waals surface area contributed by atoms with Crippen LogP contribution in [0, 0.1) is 5.92 Å². The maximum absolute atomic E-state index is 13.0. The lowest BCUT2D eigenvalue weighted by atomic mass is 9.81. The molecule has 7 nitrogen and oxygen atoms in total. The molecular formula is C17H26N4O3. The highest BCUT2D eigenvalue weighted by Gasteiger charge is 2.39. The molecular weight excluding hydrogens is 308 g/mol. The molecule has 0 aromatic carbocycles. The van der Waals surface area contributed by atoms with Gasteiger partial charge in [0.1, 0.15) is 0 Å². The van der Waals surface area contributed by atoms with E-state index in [2.05, 4.69) is 10.00 Å². The van der Waals surface area contributed by atoms with Gasteiger partial charge >= 0.3 is 0 Å². The summed E-state index contributed by atoms with van der Waals surface area (Å²) in [5.41, 5.74) is 1.10. The average molecular weight is 334 g/mol. The zero-order chi connectivity index (χ0) is 16.5. The van der Waals surface area contributed by atoms with E-state index in [0.29, 0.717) is 19.4 Å². The number of aliphatic hydroxyl groups excluding tert-OH is 1. The van der Waals surface area contributed by atoms with Crippen molar-refractivity contribution in [1.29, 1.82) is 0 Å². The molecule has 0 unspecified atom stereocenters. The first kappa shape index (κ1) is 16.1. The maximum Gasteiger partial charge on any atom is 0.226 e. The zero-order valence-electron chi connectivity index (χ0n) is 14.0. The zero-order valence-corrected chi connectivity index (χ0v) is 14.0. The van der Waals surface area contributed by atoms with E-state index in [1.807, 2.05) is 21.8 Å². The molecule has 1 saturated carbocycles. The number of hydrogen-bond acceptors (Lipinski definition) is 5. The molecule has 7 heteroatoms. The average Bonchev–Trinajstić information content (AvgIpc) is 2.94. The molecule has 0 spiro atoms. The van der Waals surface area contributed by atoms with Crippen LogP contribution >= 0.6 is 0 Å². The Labute approximate surface area is 142 Å². The lowest BCUT2D eigenvalue weighted by Gasteiger charge is -2.40. The summed E-state index contributed by atoms with van der Waals surface area (Å²) in [4.78, 5) is 17.5. The van der Waals surface area contributed by atoms with E-state index in [1.165, 1.54) is 0 Å². The molecule has 1 amide bonds. The van der Waals surface area contributed by atoms with Crippen molar-refractivity contribution >= 4 is 5.91 Å². The topological polar surface area (TPSA) is 70.8 Å². The van der Waals surface area contributed by atoms with Gasteiger partial charge in [0.15, 0.2) is 0 Å². The minimum atomic E-state index is -0.297. The summed E-state index contributed by atoms with van der Waals surface area (Å²) in [5, 5.41) is 14.0. The highest BCUT2D eigenvalue weighted by molar-refractivity contribution is 5.80. The second kappa shape index (κ2) is 6.82. The summed E-state index contributed by atoms with van der Waals surface area (Å²) in [6.45, 7) is 5.80. The Hall–Kier alpha value is -1.44. The number of amides is 1. The summed E-state index contributed by atoms with van der Waals surface area (Å²) >= 11 is 0. The van der Waals surface area contributed by atoms with Gasteiger partial charge in [0.05, 0.1) is 31.6 Å². The van der Waals surface area contributed by atoms with Crippen LogP contribution in [0.4, 0.5) is 0 Å². The third-order valence-electron chi connectivity index (χ3n) is 5.57. The number of fused-ring (bicyclic) bond motifs is 1. The van der Waals surface area contributed by atoms with Gasteiger partial charge in [0, 0.05) is 44.3 Å². The SMILES string of the molecule is O=C(C1CC(O)C1)N1Cc2ccnn2CC[C@@H]1CN1CCOCC1. The van der Waals surface area contributed by atoms with Gasteiger partial charge in [-0.3, -0.25) is 14.4 Å². The molecule has 1 atom stereocenters. The fourth-order valence-electron chi connectivity index (χ4n) is 3.98. The number of aromatic nitrogens is 2. The van der Waals surface area contributed by atoms with Crippen LogP contribution in [0.5, 0.6) is 0 Å². The molecule has 24 heavy (non-hydrogen) atoms. The predicted molar refractivity (Wildman–Crippen MR) is 87.2 cm³/mol. The third-order valence-corrected chi connectivity index (χ3v) is 5.57. The molecule has 3 heterocycles. The van der Waals surface area contributed by atoms with Gasteiger partial charge in [0.2, 0.25) is 5.91 Å². The maximum atomic E-state index is 13.0. The number of carbonyl (C=O) groups excluding carboxylic acids is 1. The highest BCUT2D eigenvalue weighted by Crippen LogP contribution is 2.31. The van der Waals surface area contributed by atoms with E-state index in [0.717, 1.165) is 51.5 Å². The van der Waals surface area contributed by atoms with Gasteiger partial charge in [-0.1, -0.05) is 0 Å². The van der Waals surface area contributed by atoms with Crippen LogP contribution in [0.25, 0.3) is 0 Å². The molecule has 4 rings (SSSR count). The van der Waals surface area contributed by atoms with Crippen LogP contribution in [0.15, 0.2) is 12.3 Å². The molecule has 2 fully saturated rings. The van der Waals surface area contributed by atoms with Crippen LogP contribution < -0.4 is 0 Å². The molecule has 1 aromatic heterocycles. The Morgan fingerprint density at radius 3 is 2.83 bits per heavy atom. The Morgan fingerprint density at radius 2 is 2.08 bits per heavy atom. The number of aliphatic hydroxyl groups is 1. The van der Waals surface area contributed by atoms with Crippen LogP contribution in [0.3, 0.4) is 0 Å². The van der Waals surface area contributed by atoms with Crippen molar-refractivity contribution in [2.24, 2.45) is 5.92 Å². The largest absolute Gasteiger partial charge is 0.393 e. The molecule has 0 radical (unpaired) electrons. The van der Waals surface area contributed by atoms with Crippen LogP contribution in [-0.2, 0) is 22.6 Å². The van der Waals surface area contributed by atoms with Crippen molar-refractivity contribution < 1.29 is 14.6 Å². The van der Waals surface area contributed by atoms with E-state index in [4.69, 9.17) is 4.74 Å². The Balaban J connectivity index is 1.50. The fraction of sp³-hybridized carbons (Fsp3) is 0.765. The van der Waals surface area contributed by atoms with Gasteiger partial charge < -0.3 is 14.7 Å². The number of carbonyl (C=O) groups is 1. The first-order chi connectivity index (χ1) is 11.7. The van der Waals surface area contributed by atoms with Crippen molar-refractivity contribution in [3.63, 3.8) is 0 Å².